The lowest BCUT2D eigenvalue weighted by Gasteiger charge is -2.28. The number of carbonyl (C=O) groups excluding carboxylic acids is 1. The number of carbonyl (C=O) groups is 1. The van der Waals surface area contributed by atoms with Gasteiger partial charge in [0.2, 0.25) is 0 Å². The van der Waals surface area contributed by atoms with Crippen molar-refractivity contribution in [3.63, 3.8) is 0 Å². The fourth-order valence-corrected chi connectivity index (χ4v) is 3.46. The summed E-state index contributed by atoms with van der Waals surface area (Å²) < 4.78 is 16.1. The van der Waals surface area contributed by atoms with Crippen LogP contribution in [0.2, 0.25) is 0 Å². The molecule has 0 atom stereocenters. The number of aromatic hydroxyl groups is 1. The molecule has 5 nitrogen and oxygen atoms in total. The van der Waals surface area contributed by atoms with E-state index in [9.17, 15) is 9.90 Å². The predicted molar refractivity (Wildman–Crippen MR) is 124 cm³/mol. The van der Waals surface area contributed by atoms with Crippen LogP contribution in [-0.4, -0.2) is 31.9 Å². The van der Waals surface area contributed by atoms with Crippen molar-refractivity contribution < 1.29 is 24.1 Å². The standard InChI is InChI=1S/C26H36O5/c1-25(2,3)19-15-18(16-20(23(19)27)26(4,5)6)24(28)31-13-9-10-17-11-12-21(29-7)22(14-17)30-8/h11-12,14-16,27H,9-10,13H2,1-8H3. The predicted octanol–water partition coefficient (Wildman–Crippen LogP) is 5.79. The Hall–Kier alpha value is -2.69. The van der Waals surface area contributed by atoms with E-state index in [4.69, 9.17) is 14.2 Å². The minimum Gasteiger partial charge on any atom is -0.507 e. The molecule has 0 spiro atoms. The Bertz CT molecular complexity index is 881. The van der Waals surface area contributed by atoms with E-state index in [-0.39, 0.29) is 22.5 Å². The van der Waals surface area contributed by atoms with E-state index >= 15 is 0 Å². The zero-order chi connectivity index (χ0) is 23.4. The summed E-state index contributed by atoms with van der Waals surface area (Å²) in [5.41, 5.74) is 2.46. The van der Waals surface area contributed by atoms with Gasteiger partial charge in [0.25, 0.3) is 0 Å². The van der Waals surface area contributed by atoms with E-state index in [1.165, 1.54) is 0 Å². The zero-order valence-electron chi connectivity index (χ0n) is 20.1. The van der Waals surface area contributed by atoms with Crippen molar-refractivity contribution in [1.82, 2.24) is 0 Å². The quantitative estimate of drug-likeness (QED) is 0.446. The Kier molecular flexibility index (Phi) is 7.63. The number of benzene rings is 2. The summed E-state index contributed by atoms with van der Waals surface area (Å²) in [7, 11) is 3.22. The van der Waals surface area contributed by atoms with Crippen molar-refractivity contribution in [2.24, 2.45) is 0 Å². The Labute approximate surface area is 186 Å². The van der Waals surface area contributed by atoms with E-state index in [1.54, 1.807) is 26.4 Å². The second-order valence-electron chi connectivity index (χ2n) is 9.85. The number of phenols is 1. The fraction of sp³-hybridized carbons (Fsp3) is 0.500. The van der Waals surface area contributed by atoms with E-state index in [2.05, 4.69) is 0 Å². The molecule has 0 aromatic heterocycles. The van der Waals surface area contributed by atoms with Gasteiger partial charge in [-0.2, -0.15) is 0 Å². The molecule has 0 unspecified atom stereocenters. The van der Waals surface area contributed by atoms with Gasteiger partial charge in [-0.1, -0.05) is 47.6 Å². The molecule has 0 aliphatic rings. The number of phenolic OH excluding ortho intramolecular Hbond substituents is 1. The third kappa shape index (κ3) is 6.16. The zero-order valence-corrected chi connectivity index (χ0v) is 20.1. The normalized spacial score (nSPS) is 11.9. The molecule has 0 saturated heterocycles. The van der Waals surface area contributed by atoms with Gasteiger partial charge in [0.05, 0.1) is 26.4 Å². The SMILES string of the molecule is COc1ccc(CCCOC(=O)c2cc(C(C)(C)C)c(O)c(C(C)(C)C)c2)cc1OC. The number of rotatable bonds is 7. The molecule has 2 rings (SSSR count). The molecule has 0 amide bonds. The minimum absolute atomic E-state index is 0.255. The second kappa shape index (κ2) is 9.63. The number of hydrogen-bond acceptors (Lipinski definition) is 5. The van der Waals surface area contributed by atoms with Gasteiger partial charge in [0, 0.05) is 11.1 Å². The summed E-state index contributed by atoms with van der Waals surface area (Å²) in [5, 5.41) is 10.8. The van der Waals surface area contributed by atoms with Crippen LogP contribution in [0.3, 0.4) is 0 Å². The minimum atomic E-state index is -0.372. The van der Waals surface area contributed by atoms with Crippen LogP contribution in [0.1, 0.15) is 75.0 Å². The Morgan fingerprint density at radius 2 is 1.42 bits per heavy atom. The van der Waals surface area contributed by atoms with Crippen LogP contribution in [0.15, 0.2) is 30.3 Å². The Morgan fingerprint density at radius 3 is 1.90 bits per heavy atom. The number of aryl methyl sites for hydroxylation is 1. The van der Waals surface area contributed by atoms with Crippen molar-refractivity contribution in [1.29, 1.82) is 0 Å². The highest BCUT2D eigenvalue weighted by Crippen LogP contribution is 2.40. The van der Waals surface area contributed by atoms with Gasteiger partial charge in [-0.05, 0) is 53.5 Å². The summed E-state index contributed by atoms with van der Waals surface area (Å²) in [5.74, 6) is 1.26. The molecule has 0 saturated carbocycles. The van der Waals surface area contributed by atoms with Gasteiger partial charge in [0.15, 0.2) is 11.5 Å². The van der Waals surface area contributed by atoms with Crippen LogP contribution >= 0.6 is 0 Å². The van der Waals surface area contributed by atoms with Gasteiger partial charge in [-0.15, -0.1) is 0 Å². The molecule has 5 heteroatoms. The largest absolute Gasteiger partial charge is 0.507 e. The summed E-state index contributed by atoms with van der Waals surface area (Å²) >= 11 is 0. The highest BCUT2D eigenvalue weighted by Gasteiger charge is 2.28. The highest BCUT2D eigenvalue weighted by atomic mass is 16.5. The summed E-state index contributed by atoms with van der Waals surface area (Å²) in [6.07, 6.45) is 1.45. The Balaban J connectivity index is 2.10. The van der Waals surface area contributed by atoms with Gasteiger partial charge in [0.1, 0.15) is 5.75 Å². The summed E-state index contributed by atoms with van der Waals surface area (Å²) in [6.45, 7) is 12.4. The second-order valence-corrected chi connectivity index (χ2v) is 9.85. The van der Waals surface area contributed by atoms with Crippen LogP contribution in [0.25, 0.3) is 0 Å². The van der Waals surface area contributed by atoms with Crippen LogP contribution in [0, 0.1) is 0 Å². The van der Waals surface area contributed by atoms with Gasteiger partial charge < -0.3 is 19.3 Å². The average Bonchev–Trinajstić information content (AvgIpc) is 2.69. The fourth-order valence-electron chi connectivity index (χ4n) is 3.46. The van der Waals surface area contributed by atoms with Crippen LogP contribution in [-0.2, 0) is 22.0 Å². The van der Waals surface area contributed by atoms with Crippen molar-refractivity contribution in [3.8, 4) is 17.2 Å². The lowest BCUT2D eigenvalue weighted by Crippen LogP contribution is -2.19. The first-order chi connectivity index (χ1) is 14.4. The van der Waals surface area contributed by atoms with E-state index in [1.807, 2.05) is 59.7 Å². The maximum absolute atomic E-state index is 12.8. The maximum atomic E-state index is 12.8. The molecule has 0 aliphatic carbocycles. The number of ether oxygens (including phenoxy) is 3. The first-order valence-corrected chi connectivity index (χ1v) is 10.6. The van der Waals surface area contributed by atoms with Gasteiger partial charge >= 0.3 is 5.97 Å². The summed E-state index contributed by atoms with van der Waals surface area (Å²) in [4.78, 5) is 12.8. The topological polar surface area (TPSA) is 65.0 Å². The number of esters is 1. The molecule has 31 heavy (non-hydrogen) atoms. The molecule has 2 aromatic rings. The third-order valence-corrected chi connectivity index (χ3v) is 5.25. The average molecular weight is 429 g/mol. The molecule has 0 radical (unpaired) electrons. The van der Waals surface area contributed by atoms with Crippen LogP contribution < -0.4 is 9.47 Å². The number of methoxy groups -OCH3 is 2. The number of hydrogen-bond donors (Lipinski definition) is 1. The maximum Gasteiger partial charge on any atom is 0.338 e. The molecule has 0 heterocycles. The first-order valence-electron chi connectivity index (χ1n) is 10.6. The van der Waals surface area contributed by atoms with Crippen molar-refractivity contribution in [2.45, 2.75) is 65.2 Å². The van der Waals surface area contributed by atoms with Gasteiger partial charge in [-0.3, -0.25) is 0 Å². The van der Waals surface area contributed by atoms with Crippen LogP contribution in [0.4, 0.5) is 0 Å². The lowest BCUT2D eigenvalue weighted by atomic mass is 9.78. The third-order valence-electron chi connectivity index (χ3n) is 5.25. The molecular weight excluding hydrogens is 392 g/mol. The van der Waals surface area contributed by atoms with Crippen molar-refractivity contribution >= 4 is 5.97 Å². The molecular formula is C26H36O5. The molecule has 170 valence electrons. The first kappa shape index (κ1) is 24.6. The summed E-state index contributed by atoms with van der Waals surface area (Å²) in [6, 6.07) is 9.29. The molecule has 0 aliphatic heterocycles. The highest BCUT2D eigenvalue weighted by molar-refractivity contribution is 5.90. The lowest BCUT2D eigenvalue weighted by molar-refractivity contribution is 0.0500. The van der Waals surface area contributed by atoms with E-state index in [0.29, 0.717) is 30.1 Å². The van der Waals surface area contributed by atoms with Gasteiger partial charge in [-0.25, -0.2) is 4.79 Å². The Morgan fingerprint density at radius 1 is 0.871 bits per heavy atom. The molecule has 2 aromatic carbocycles. The molecule has 1 N–H and O–H groups in total. The van der Waals surface area contributed by atoms with Crippen LogP contribution in [0.5, 0.6) is 17.2 Å². The smallest absolute Gasteiger partial charge is 0.338 e. The molecule has 0 bridgehead atoms. The van der Waals surface area contributed by atoms with Crippen molar-refractivity contribution in [3.05, 3.63) is 52.6 Å². The van der Waals surface area contributed by atoms with E-state index < -0.39 is 0 Å². The van der Waals surface area contributed by atoms with Crippen molar-refractivity contribution in [2.75, 3.05) is 20.8 Å². The molecule has 0 fully saturated rings. The monoisotopic (exact) mass is 428 g/mol. The van der Waals surface area contributed by atoms with E-state index in [0.717, 1.165) is 23.1 Å².